The molecule has 0 heterocycles. The maximum absolute atomic E-state index is 13.1. The van der Waals surface area contributed by atoms with Crippen LogP contribution in [-0.4, -0.2) is 4.33 Å². The molecule has 2 atom stereocenters. The van der Waals surface area contributed by atoms with Crippen LogP contribution in [0.25, 0.3) is 0 Å². The van der Waals surface area contributed by atoms with Crippen LogP contribution in [0.1, 0.15) is 18.4 Å². The zero-order valence-electron chi connectivity index (χ0n) is 7.70. The lowest BCUT2D eigenvalue weighted by Gasteiger charge is -2.03. The fourth-order valence-electron chi connectivity index (χ4n) is 1.75. The number of hydrogen-bond donors (Lipinski definition) is 0. The Kier molecular flexibility index (Phi) is 2.77. The highest BCUT2D eigenvalue weighted by Gasteiger charge is 2.61. The van der Waals surface area contributed by atoms with Crippen LogP contribution in [0.3, 0.4) is 0 Å². The highest BCUT2D eigenvalue weighted by molar-refractivity contribution is 9.10. The Balaban J connectivity index is 2.40. The van der Waals surface area contributed by atoms with Crippen LogP contribution in [0.15, 0.2) is 16.6 Å². The summed E-state index contributed by atoms with van der Waals surface area (Å²) in [6.07, 6.45) is 0. The van der Waals surface area contributed by atoms with Gasteiger partial charge in [-0.15, -0.1) is 23.2 Å². The maximum atomic E-state index is 13.1. The van der Waals surface area contributed by atoms with Crippen molar-refractivity contribution in [2.45, 2.75) is 17.2 Å². The lowest BCUT2D eigenvalue weighted by molar-refractivity contribution is 0.502. The van der Waals surface area contributed by atoms with Gasteiger partial charge in [-0.3, -0.25) is 0 Å². The first-order chi connectivity index (χ1) is 6.85. The average molecular weight is 316 g/mol. The second-order valence-corrected chi connectivity index (χ2v) is 6.04. The van der Waals surface area contributed by atoms with Gasteiger partial charge in [0.1, 0.15) is 4.33 Å². The number of benzene rings is 1. The van der Waals surface area contributed by atoms with E-state index >= 15 is 0 Å². The molecule has 0 nitrogen and oxygen atoms in total. The summed E-state index contributed by atoms with van der Waals surface area (Å²) in [5, 5.41) is 0. The van der Waals surface area contributed by atoms with Crippen LogP contribution in [-0.2, 0) is 0 Å². The van der Waals surface area contributed by atoms with Gasteiger partial charge < -0.3 is 0 Å². The molecule has 1 aromatic rings. The molecule has 5 heteroatoms. The Hall–Kier alpha value is 0.140. The third-order valence-electron chi connectivity index (χ3n) is 2.78. The highest BCUT2D eigenvalue weighted by atomic mass is 79.9. The van der Waals surface area contributed by atoms with Crippen LogP contribution in [0.4, 0.5) is 8.78 Å². The molecule has 0 N–H and O–H groups in total. The van der Waals surface area contributed by atoms with Crippen molar-refractivity contribution in [1.29, 1.82) is 0 Å². The molecule has 2 unspecified atom stereocenters. The van der Waals surface area contributed by atoms with Crippen molar-refractivity contribution in [2.75, 3.05) is 0 Å². The van der Waals surface area contributed by atoms with Crippen LogP contribution in [0, 0.1) is 17.6 Å². The fourth-order valence-corrected chi connectivity index (χ4v) is 2.95. The number of rotatable bonds is 1. The standard InChI is InChI=1S/C10H7BrCl2F2/c1-4-8(10(4,12)13)5-2-6(11)9(15)7(14)3-5/h2-4,8H,1H3. The van der Waals surface area contributed by atoms with Gasteiger partial charge >= 0.3 is 0 Å². The minimum atomic E-state index is -0.887. The number of hydrogen-bond acceptors (Lipinski definition) is 0. The van der Waals surface area contributed by atoms with E-state index in [2.05, 4.69) is 15.9 Å². The predicted octanol–water partition coefficient (Wildman–Crippen LogP) is 4.63. The van der Waals surface area contributed by atoms with Gasteiger partial charge in [-0.1, -0.05) is 6.92 Å². The maximum Gasteiger partial charge on any atom is 0.172 e. The topological polar surface area (TPSA) is 0 Å². The van der Waals surface area contributed by atoms with Gasteiger partial charge in [0.15, 0.2) is 11.6 Å². The second-order valence-electron chi connectivity index (χ2n) is 3.74. The van der Waals surface area contributed by atoms with E-state index in [0.29, 0.717) is 5.56 Å². The molecular weight excluding hydrogens is 309 g/mol. The SMILES string of the molecule is CC1C(c2cc(F)c(F)c(Br)c2)C1(Cl)Cl. The molecule has 0 radical (unpaired) electrons. The quantitative estimate of drug-likeness (QED) is 0.523. The molecule has 0 aromatic heterocycles. The molecule has 1 aliphatic rings. The van der Waals surface area contributed by atoms with E-state index in [9.17, 15) is 8.78 Å². The summed E-state index contributed by atoms with van der Waals surface area (Å²) >= 11 is 14.9. The van der Waals surface area contributed by atoms with E-state index in [1.807, 2.05) is 6.92 Å². The molecule has 1 fully saturated rings. The van der Waals surface area contributed by atoms with Gasteiger partial charge in [0, 0.05) is 5.92 Å². The smallest absolute Gasteiger partial charge is 0.172 e. The summed E-state index contributed by atoms with van der Waals surface area (Å²) < 4.78 is 25.4. The van der Waals surface area contributed by atoms with Gasteiger partial charge in [-0.05, 0) is 39.5 Å². The third kappa shape index (κ3) is 1.79. The number of halogens is 5. The molecule has 0 saturated heterocycles. The van der Waals surface area contributed by atoms with Gasteiger partial charge in [0.2, 0.25) is 0 Å². The van der Waals surface area contributed by atoms with Gasteiger partial charge in [-0.25, -0.2) is 8.78 Å². The Morgan fingerprint density at radius 3 is 2.27 bits per heavy atom. The molecule has 82 valence electrons. The Bertz CT molecular complexity index is 397. The first-order valence-electron chi connectivity index (χ1n) is 4.38. The van der Waals surface area contributed by atoms with Crippen LogP contribution < -0.4 is 0 Å². The minimum absolute atomic E-state index is 0.0533. The monoisotopic (exact) mass is 314 g/mol. The highest BCUT2D eigenvalue weighted by Crippen LogP contribution is 2.64. The van der Waals surface area contributed by atoms with Crippen molar-refractivity contribution in [1.82, 2.24) is 0 Å². The molecule has 1 saturated carbocycles. The summed E-state index contributed by atoms with van der Waals surface area (Å²) in [6, 6.07) is 2.67. The summed E-state index contributed by atoms with van der Waals surface area (Å²) in [5.41, 5.74) is 0.623. The van der Waals surface area contributed by atoms with E-state index in [-0.39, 0.29) is 16.3 Å². The fraction of sp³-hybridized carbons (Fsp3) is 0.400. The second kappa shape index (κ2) is 3.57. The lowest BCUT2D eigenvalue weighted by Crippen LogP contribution is -1.94. The van der Waals surface area contributed by atoms with E-state index < -0.39 is 16.0 Å². The summed E-state index contributed by atoms with van der Waals surface area (Å²) in [4.78, 5) is 0. The van der Waals surface area contributed by atoms with Gasteiger partial charge in [0.05, 0.1) is 4.47 Å². The molecular formula is C10H7BrCl2F2. The molecule has 1 aromatic carbocycles. The van der Waals surface area contributed by atoms with Crippen LogP contribution in [0.5, 0.6) is 0 Å². The van der Waals surface area contributed by atoms with Crippen LogP contribution >= 0.6 is 39.1 Å². The summed E-state index contributed by atoms with van der Waals surface area (Å²) in [5.74, 6) is -1.85. The van der Waals surface area contributed by atoms with Crippen molar-refractivity contribution < 1.29 is 8.78 Å². The van der Waals surface area contributed by atoms with E-state index in [0.717, 1.165) is 6.07 Å². The minimum Gasteiger partial charge on any atom is -0.204 e. The number of alkyl halides is 2. The zero-order valence-corrected chi connectivity index (χ0v) is 10.8. The lowest BCUT2D eigenvalue weighted by atomic mass is 10.1. The van der Waals surface area contributed by atoms with Crippen molar-refractivity contribution in [3.05, 3.63) is 33.8 Å². The van der Waals surface area contributed by atoms with E-state index in [1.165, 1.54) is 6.07 Å². The van der Waals surface area contributed by atoms with E-state index in [1.54, 1.807) is 0 Å². The van der Waals surface area contributed by atoms with Crippen molar-refractivity contribution >= 4 is 39.1 Å². The molecule has 1 aliphatic carbocycles. The van der Waals surface area contributed by atoms with Crippen molar-refractivity contribution in [3.63, 3.8) is 0 Å². The Morgan fingerprint density at radius 1 is 1.33 bits per heavy atom. The largest absolute Gasteiger partial charge is 0.204 e. The Labute approximate surface area is 105 Å². The van der Waals surface area contributed by atoms with Gasteiger partial charge in [-0.2, -0.15) is 0 Å². The molecule has 0 spiro atoms. The Morgan fingerprint density at radius 2 is 1.87 bits per heavy atom. The predicted molar refractivity (Wildman–Crippen MR) is 60.4 cm³/mol. The van der Waals surface area contributed by atoms with E-state index in [4.69, 9.17) is 23.2 Å². The van der Waals surface area contributed by atoms with Crippen molar-refractivity contribution in [2.24, 2.45) is 5.92 Å². The third-order valence-corrected chi connectivity index (χ3v) is 4.51. The molecule has 0 amide bonds. The summed E-state index contributed by atoms with van der Waals surface area (Å²) in [6.45, 7) is 1.87. The molecule has 2 rings (SSSR count). The average Bonchev–Trinajstić information content (AvgIpc) is 2.61. The molecule has 0 aliphatic heterocycles. The molecule has 0 bridgehead atoms. The van der Waals surface area contributed by atoms with Crippen molar-refractivity contribution in [3.8, 4) is 0 Å². The molecule has 15 heavy (non-hydrogen) atoms. The zero-order chi connectivity index (χ0) is 11.4. The first kappa shape index (κ1) is 11.6. The van der Waals surface area contributed by atoms with Gasteiger partial charge in [0.25, 0.3) is 0 Å². The summed E-state index contributed by atoms with van der Waals surface area (Å²) in [7, 11) is 0. The normalized spacial score (nSPS) is 27.9. The first-order valence-corrected chi connectivity index (χ1v) is 5.93. The van der Waals surface area contributed by atoms with Crippen LogP contribution in [0.2, 0.25) is 0 Å².